The lowest BCUT2D eigenvalue weighted by molar-refractivity contribution is -0.199. The average molecular weight is 327 g/mol. The van der Waals surface area contributed by atoms with Crippen LogP contribution in [-0.4, -0.2) is 24.8 Å². The molecule has 5 rings (SSSR count). The molecule has 5 atom stereocenters. The molecule has 2 bridgehead atoms. The van der Waals surface area contributed by atoms with Gasteiger partial charge in [0.05, 0.1) is 11.7 Å². The number of aryl methyl sites for hydroxylation is 2. The molecule has 3 saturated carbocycles. The van der Waals surface area contributed by atoms with E-state index in [9.17, 15) is 0 Å². The molecule has 24 heavy (non-hydrogen) atoms. The largest absolute Gasteiger partial charge is 0.475 e. The molecule has 4 aliphatic rings. The first-order valence-corrected chi connectivity index (χ1v) is 9.37. The van der Waals surface area contributed by atoms with Crippen LogP contribution in [0.25, 0.3) is 0 Å². The maximum absolute atomic E-state index is 6.49. The van der Waals surface area contributed by atoms with Gasteiger partial charge >= 0.3 is 7.12 Å². The summed E-state index contributed by atoms with van der Waals surface area (Å²) in [4.78, 5) is 0. The third kappa shape index (κ3) is 2.30. The first kappa shape index (κ1) is 16.6. The van der Waals surface area contributed by atoms with Crippen molar-refractivity contribution in [1.82, 2.24) is 0 Å². The molecule has 0 spiro atoms. The Bertz CT molecular complexity index is 661. The number of rotatable bonds is 3. The molecule has 0 radical (unpaired) electrons. The van der Waals surface area contributed by atoms with Crippen molar-refractivity contribution < 1.29 is 9.31 Å². The summed E-state index contributed by atoms with van der Waals surface area (Å²) in [5, 5.41) is 0. The van der Waals surface area contributed by atoms with Crippen LogP contribution in [0, 0.1) is 31.1 Å². The van der Waals surface area contributed by atoms with Gasteiger partial charge in [-0.3, -0.25) is 0 Å². The smallest absolute Gasteiger partial charge is 0.404 e. The quantitative estimate of drug-likeness (QED) is 0.865. The normalized spacial score (nSPS) is 37.8. The fraction of sp³-hybridized carbons (Fsp3) is 0.700. The van der Waals surface area contributed by atoms with Crippen molar-refractivity contribution >= 4 is 7.12 Å². The number of benzene rings is 1. The van der Waals surface area contributed by atoms with Gasteiger partial charge in [-0.1, -0.05) is 32.0 Å². The predicted molar refractivity (Wildman–Crippen MR) is 97.7 cm³/mol. The minimum Gasteiger partial charge on any atom is -0.404 e. The predicted octanol–water partition coefficient (Wildman–Crippen LogP) is 3.44. The summed E-state index contributed by atoms with van der Waals surface area (Å²) in [6.07, 6.45) is 3.41. The van der Waals surface area contributed by atoms with Crippen LogP contribution in [0.3, 0.4) is 0 Å². The Morgan fingerprint density at radius 1 is 1.21 bits per heavy atom. The fourth-order valence-corrected chi connectivity index (χ4v) is 5.38. The molecule has 1 heterocycles. The van der Waals surface area contributed by atoms with Crippen molar-refractivity contribution in [2.75, 3.05) is 0 Å². The van der Waals surface area contributed by atoms with E-state index in [1.165, 1.54) is 23.1 Å². The van der Waals surface area contributed by atoms with Gasteiger partial charge in [-0.05, 0) is 74.0 Å². The van der Waals surface area contributed by atoms with Crippen LogP contribution >= 0.6 is 0 Å². The van der Waals surface area contributed by atoms with Gasteiger partial charge in [-0.15, -0.1) is 0 Å². The lowest BCUT2D eigenvalue weighted by Crippen LogP contribution is -2.65. The van der Waals surface area contributed by atoms with E-state index in [1.807, 2.05) is 0 Å². The van der Waals surface area contributed by atoms with Crippen LogP contribution in [0.1, 0.15) is 50.3 Å². The summed E-state index contributed by atoms with van der Waals surface area (Å²) in [6, 6.07) is 6.58. The molecule has 1 aromatic carbocycles. The van der Waals surface area contributed by atoms with Gasteiger partial charge in [-0.2, -0.15) is 0 Å². The van der Waals surface area contributed by atoms with E-state index in [-0.39, 0.29) is 24.8 Å². The van der Waals surface area contributed by atoms with E-state index in [0.29, 0.717) is 11.3 Å². The van der Waals surface area contributed by atoms with Gasteiger partial charge in [0.15, 0.2) is 0 Å². The van der Waals surface area contributed by atoms with E-state index in [0.717, 1.165) is 18.8 Å². The van der Waals surface area contributed by atoms with Gasteiger partial charge in [0.25, 0.3) is 0 Å². The molecule has 1 aliphatic heterocycles. The van der Waals surface area contributed by atoms with Gasteiger partial charge in [-0.25, -0.2) is 0 Å². The Balaban J connectivity index is 1.47. The molecule has 4 heteroatoms. The minimum absolute atomic E-state index is 0.116. The summed E-state index contributed by atoms with van der Waals surface area (Å²) in [5.41, 5.74) is 10.6. The van der Waals surface area contributed by atoms with Crippen molar-refractivity contribution in [3.05, 3.63) is 34.9 Å². The first-order chi connectivity index (χ1) is 11.2. The maximum atomic E-state index is 6.49. The first-order valence-electron chi connectivity index (χ1n) is 9.37. The Hall–Kier alpha value is -0.835. The van der Waals surface area contributed by atoms with E-state index < -0.39 is 0 Å². The van der Waals surface area contributed by atoms with Gasteiger partial charge in [0.2, 0.25) is 0 Å². The number of hydrogen-bond donors (Lipinski definition) is 1. The second kappa shape index (κ2) is 5.33. The molecule has 2 N–H and O–H groups in total. The van der Waals surface area contributed by atoms with Crippen LogP contribution < -0.4 is 5.73 Å². The third-order valence-electron chi connectivity index (χ3n) is 7.36. The highest BCUT2D eigenvalue weighted by Crippen LogP contribution is 2.65. The zero-order valence-corrected chi connectivity index (χ0v) is 15.6. The molecular weight excluding hydrogens is 297 g/mol. The summed E-state index contributed by atoms with van der Waals surface area (Å²) in [5.74, 6) is 1.25. The summed E-state index contributed by atoms with van der Waals surface area (Å²) in [6.45, 7) is 11.3. The Morgan fingerprint density at radius 2 is 1.96 bits per heavy atom. The van der Waals surface area contributed by atoms with Gasteiger partial charge in [0, 0.05) is 5.94 Å². The summed E-state index contributed by atoms with van der Waals surface area (Å²) >= 11 is 0. The molecular formula is C20H30BNO2. The van der Waals surface area contributed by atoms with Crippen LogP contribution in [0.15, 0.2) is 18.2 Å². The minimum atomic E-state index is -0.281. The Labute approximate surface area is 146 Å². The molecule has 1 aromatic rings. The monoisotopic (exact) mass is 327 g/mol. The molecule has 0 aromatic heterocycles. The van der Waals surface area contributed by atoms with Crippen LogP contribution in [0.4, 0.5) is 0 Å². The zero-order valence-electron chi connectivity index (χ0n) is 15.6. The van der Waals surface area contributed by atoms with Crippen LogP contribution in [-0.2, 0) is 15.7 Å². The second-order valence-electron chi connectivity index (χ2n) is 9.12. The highest BCUT2D eigenvalue weighted by atomic mass is 16.7. The van der Waals surface area contributed by atoms with E-state index in [4.69, 9.17) is 15.0 Å². The molecule has 0 amide bonds. The van der Waals surface area contributed by atoms with Crippen molar-refractivity contribution in [2.24, 2.45) is 23.0 Å². The lowest BCUT2D eigenvalue weighted by Gasteiger charge is -2.64. The highest BCUT2D eigenvalue weighted by molar-refractivity contribution is 6.47. The second-order valence-corrected chi connectivity index (χ2v) is 9.12. The number of nitrogens with two attached hydrogens (primary N) is 1. The number of hydrogen-bond acceptors (Lipinski definition) is 3. The van der Waals surface area contributed by atoms with Crippen molar-refractivity contribution in [3.8, 4) is 0 Å². The molecule has 130 valence electrons. The molecule has 3 nitrogen and oxygen atoms in total. The van der Waals surface area contributed by atoms with Crippen LogP contribution in [0.2, 0.25) is 0 Å². The standard InChI is InChI=1S/C20H30BNO2/c1-12-6-7-14(8-13(12)2)9-18(22)21-23-17-11-15-10-16(19(15,3)4)20(17,5)24-21/h6-8,15-18H,9-11,22H2,1-5H3/t15-,16-,17+,18?,20-/m0/s1. The molecule has 4 fully saturated rings. The SMILES string of the molecule is Cc1ccc(CC(N)B2O[C@@H]3C[C@@H]4C[C@@H](C4(C)C)[C@]3(C)O2)cc1C. The topological polar surface area (TPSA) is 44.5 Å². The zero-order chi connectivity index (χ0) is 17.3. The van der Waals surface area contributed by atoms with Crippen molar-refractivity contribution in [1.29, 1.82) is 0 Å². The van der Waals surface area contributed by atoms with Gasteiger partial charge < -0.3 is 15.0 Å². The molecule has 1 saturated heterocycles. The van der Waals surface area contributed by atoms with E-state index >= 15 is 0 Å². The van der Waals surface area contributed by atoms with Crippen molar-refractivity contribution in [2.45, 2.75) is 71.5 Å². The van der Waals surface area contributed by atoms with Crippen molar-refractivity contribution in [3.63, 3.8) is 0 Å². The molecule has 3 aliphatic carbocycles. The van der Waals surface area contributed by atoms with E-state index in [2.05, 4.69) is 52.8 Å². The highest BCUT2D eigenvalue weighted by Gasteiger charge is 2.68. The fourth-order valence-electron chi connectivity index (χ4n) is 5.38. The average Bonchev–Trinajstić information content (AvgIpc) is 2.87. The summed E-state index contributed by atoms with van der Waals surface area (Å²) in [7, 11) is -0.281. The van der Waals surface area contributed by atoms with Gasteiger partial charge in [0.1, 0.15) is 0 Å². The molecule has 1 unspecified atom stereocenters. The lowest BCUT2D eigenvalue weighted by atomic mass is 9.43. The maximum Gasteiger partial charge on any atom is 0.475 e. The van der Waals surface area contributed by atoms with Crippen LogP contribution in [0.5, 0.6) is 0 Å². The van der Waals surface area contributed by atoms with E-state index in [1.54, 1.807) is 0 Å². The third-order valence-corrected chi connectivity index (χ3v) is 7.36. The summed E-state index contributed by atoms with van der Waals surface area (Å²) < 4.78 is 12.8. The Kier molecular flexibility index (Phi) is 3.69. The Morgan fingerprint density at radius 3 is 2.62 bits per heavy atom.